The van der Waals surface area contributed by atoms with Gasteiger partial charge in [0.15, 0.2) is 0 Å². The molecule has 0 radical (unpaired) electrons. The summed E-state index contributed by atoms with van der Waals surface area (Å²) in [5.74, 6) is -1.22. The number of carboxylic acids is 1. The monoisotopic (exact) mass is 494 g/mol. The minimum absolute atomic E-state index is 0.0324. The number of amides is 1. The Morgan fingerprint density at radius 3 is 2.53 bits per heavy atom. The number of aromatic nitrogens is 2. The number of para-hydroxylation sites is 1. The lowest BCUT2D eigenvalue weighted by Gasteiger charge is -2.13. The summed E-state index contributed by atoms with van der Waals surface area (Å²) in [6.45, 7) is 0.229. The van der Waals surface area contributed by atoms with E-state index in [-0.39, 0.29) is 24.6 Å². The van der Waals surface area contributed by atoms with Crippen molar-refractivity contribution in [2.45, 2.75) is 12.8 Å². The largest absolute Gasteiger partial charge is 0.481 e. The summed E-state index contributed by atoms with van der Waals surface area (Å²) < 4.78 is 2.05. The zero-order chi connectivity index (χ0) is 24.2. The molecule has 0 unspecified atom stereocenters. The molecule has 0 aliphatic carbocycles. The molecule has 0 atom stereocenters. The third-order valence-corrected chi connectivity index (χ3v) is 6.43. The van der Waals surface area contributed by atoms with Crippen molar-refractivity contribution in [2.24, 2.45) is 0 Å². The Morgan fingerprint density at radius 1 is 1.18 bits per heavy atom. The number of thioether (sulfide) groups is 1. The van der Waals surface area contributed by atoms with E-state index in [4.69, 9.17) is 17.3 Å². The highest BCUT2D eigenvalue weighted by molar-refractivity contribution is 8.26. The molecule has 0 bridgehead atoms. The predicted molar refractivity (Wildman–Crippen MR) is 132 cm³/mol. The maximum atomic E-state index is 12.9. The Kier molecular flexibility index (Phi) is 6.85. The molecule has 11 heteroatoms. The van der Waals surface area contributed by atoms with E-state index in [1.165, 1.54) is 17.0 Å². The number of nitrogens with zero attached hydrogens (tertiary/aromatic N) is 4. The van der Waals surface area contributed by atoms with Gasteiger partial charge in [-0.15, -0.1) is 0 Å². The molecule has 3 aromatic rings. The predicted octanol–water partition coefficient (Wildman–Crippen LogP) is 4.51. The van der Waals surface area contributed by atoms with Crippen LogP contribution in [0.4, 0.5) is 5.69 Å². The average Bonchev–Trinajstić information content (AvgIpc) is 3.36. The summed E-state index contributed by atoms with van der Waals surface area (Å²) in [4.78, 5) is 36.1. The second-order valence-corrected chi connectivity index (χ2v) is 9.02. The maximum Gasteiger partial charge on any atom is 0.303 e. The van der Waals surface area contributed by atoms with E-state index in [1.807, 2.05) is 30.3 Å². The topological polar surface area (TPSA) is 119 Å². The normalized spacial score (nSPS) is 14.7. The van der Waals surface area contributed by atoms with Gasteiger partial charge in [-0.2, -0.15) is 5.10 Å². The highest BCUT2D eigenvalue weighted by Crippen LogP contribution is 2.35. The van der Waals surface area contributed by atoms with E-state index in [9.17, 15) is 19.7 Å². The van der Waals surface area contributed by atoms with E-state index >= 15 is 0 Å². The van der Waals surface area contributed by atoms with Gasteiger partial charge in [0.2, 0.25) is 0 Å². The number of carboxylic acid groups (broad SMARTS) is 1. The average molecular weight is 495 g/mol. The molecule has 2 aromatic carbocycles. The van der Waals surface area contributed by atoms with Crippen LogP contribution >= 0.6 is 24.0 Å². The molecule has 4 rings (SSSR count). The second kappa shape index (κ2) is 9.98. The number of hydrogen-bond donors (Lipinski definition) is 1. The fraction of sp³-hybridized carbons (Fsp3) is 0.130. The van der Waals surface area contributed by atoms with E-state index in [0.29, 0.717) is 32.5 Å². The lowest BCUT2D eigenvalue weighted by molar-refractivity contribution is -0.384. The number of rotatable bonds is 8. The van der Waals surface area contributed by atoms with E-state index < -0.39 is 10.9 Å². The molecule has 1 fully saturated rings. The third-order valence-electron chi connectivity index (χ3n) is 5.05. The quantitative estimate of drug-likeness (QED) is 0.210. The standard InChI is InChI=1S/C23H18N4O5S2/c28-20(29)7-4-12-25-22(30)19(34-23(25)33)13-16-14-26(17-5-2-1-3-6-17)24-21(16)15-8-10-18(11-9-15)27(31)32/h1-3,5-6,8-11,13-14H,4,7,12H2,(H,28,29)/b19-13+. The second-order valence-electron chi connectivity index (χ2n) is 7.35. The molecule has 0 saturated carbocycles. The van der Waals surface area contributed by atoms with Gasteiger partial charge < -0.3 is 5.11 Å². The van der Waals surface area contributed by atoms with Crippen molar-refractivity contribution in [3.05, 3.63) is 81.4 Å². The number of nitro benzene ring substituents is 1. The van der Waals surface area contributed by atoms with E-state index in [0.717, 1.165) is 17.4 Å². The number of benzene rings is 2. The van der Waals surface area contributed by atoms with E-state index in [1.54, 1.807) is 29.1 Å². The molecule has 0 spiro atoms. The molecular weight excluding hydrogens is 476 g/mol. The van der Waals surface area contributed by atoms with Crippen molar-refractivity contribution in [3.63, 3.8) is 0 Å². The van der Waals surface area contributed by atoms with Crippen LogP contribution in [0.3, 0.4) is 0 Å². The summed E-state index contributed by atoms with van der Waals surface area (Å²) in [7, 11) is 0. The number of hydrogen-bond acceptors (Lipinski definition) is 7. The van der Waals surface area contributed by atoms with Gasteiger partial charge in [0, 0.05) is 42.4 Å². The van der Waals surface area contributed by atoms with Crippen LogP contribution in [0.15, 0.2) is 65.7 Å². The zero-order valence-corrected chi connectivity index (χ0v) is 19.3. The zero-order valence-electron chi connectivity index (χ0n) is 17.7. The van der Waals surface area contributed by atoms with Gasteiger partial charge in [-0.3, -0.25) is 24.6 Å². The Bertz CT molecular complexity index is 1300. The molecule has 1 amide bonds. The van der Waals surface area contributed by atoms with Crippen LogP contribution in [-0.2, 0) is 9.59 Å². The number of carbonyl (C=O) groups excluding carboxylic acids is 1. The fourth-order valence-corrected chi connectivity index (χ4v) is 4.69. The molecule has 1 aromatic heterocycles. The highest BCUT2D eigenvalue weighted by Gasteiger charge is 2.32. The maximum absolute atomic E-state index is 12.9. The highest BCUT2D eigenvalue weighted by atomic mass is 32.2. The van der Waals surface area contributed by atoms with E-state index in [2.05, 4.69) is 5.10 Å². The molecule has 2 heterocycles. The van der Waals surface area contributed by atoms with Crippen molar-refractivity contribution in [1.82, 2.24) is 14.7 Å². The van der Waals surface area contributed by atoms with Gasteiger partial charge in [-0.05, 0) is 36.8 Å². The first-order chi connectivity index (χ1) is 16.3. The van der Waals surface area contributed by atoms with Crippen LogP contribution in [-0.4, -0.2) is 47.5 Å². The smallest absolute Gasteiger partial charge is 0.303 e. The lowest BCUT2D eigenvalue weighted by Crippen LogP contribution is -2.29. The summed E-state index contributed by atoms with van der Waals surface area (Å²) in [5.41, 5.74) is 2.63. The first-order valence-corrected chi connectivity index (χ1v) is 11.4. The lowest BCUT2D eigenvalue weighted by atomic mass is 10.1. The van der Waals surface area contributed by atoms with Gasteiger partial charge in [-0.25, -0.2) is 4.68 Å². The molecule has 34 heavy (non-hydrogen) atoms. The van der Waals surface area contributed by atoms with Gasteiger partial charge in [-0.1, -0.05) is 42.2 Å². The van der Waals surface area contributed by atoms with Crippen molar-refractivity contribution < 1.29 is 19.6 Å². The number of nitro groups is 1. The number of non-ortho nitro benzene ring substituents is 1. The molecular formula is C23H18N4O5S2. The van der Waals surface area contributed by atoms with Gasteiger partial charge in [0.1, 0.15) is 4.32 Å². The first kappa shape index (κ1) is 23.3. The van der Waals surface area contributed by atoms with Gasteiger partial charge in [0.05, 0.1) is 21.2 Å². The first-order valence-electron chi connectivity index (χ1n) is 10.2. The molecule has 1 N–H and O–H groups in total. The molecule has 1 aliphatic heterocycles. The van der Waals surface area contributed by atoms with Crippen LogP contribution < -0.4 is 0 Å². The van der Waals surface area contributed by atoms with Crippen LogP contribution in [0.25, 0.3) is 23.0 Å². The van der Waals surface area contributed by atoms with Crippen LogP contribution in [0.1, 0.15) is 18.4 Å². The summed E-state index contributed by atoms with van der Waals surface area (Å²) in [6, 6.07) is 15.5. The number of thiocarbonyl (C=S) groups is 1. The van der Waals surface area contributed by atoms with Gasteiger partial charge >= 0.3 is 5.97 Å². The number of aliphatic carboxylic acids is 1. The van der Waals surface area contributed by atoms with Crippen molar-refractivity contribution in [3.8, 4) is 16.9 Å². The Hall–Kier alpha value is -3.83. The SMILES string of the molecule is O=C(O)CCCN1C(=O)/C(=C\c2cn(-c3ccccc3)nc2-c2ccc([N+](=O)[O-])cc2)SC1=S. The van der Waals surface area contributed by atoms with Crippen molar-refractivity contribution in [1.29, 1.82) is 0 Å². The summed E-state index contributed by atoms with van der Waals surface area (Å²) in [6.07, 6.45) is 3.72. The minimum Gasteiger partial charge on any atom is -0.481 e. The Labute approximate surface area is 203 Å². The Morgan fingerprint density at radius 2 is 1.88 bits per heavy atom. The molecule has 9 nitrogen and oxygen atoms in total. The fourth-order valence-electron chi connectivity index (χ4n) is 3.39. The van der Waals surface area contributed by atoms with Crippen LogP contribution in [0.5, 0.6) is 0 Å². The van der Waals surface area contributed by atoms with Crippen molar-refractivity contribution in [2.75, 3.05) is 6.54 Å². The summed E-state index contributed by atoms with van der Waals surface area (Å²) in [5, 5.41) is 24.6. The third kappa shape index (κ3) is 5.05. The van der Waals surface area contributed by atoms with Gasteiger partial charge in [0.25, 0.3) is 11.6 Å². The van der Waals surface area contributed by atoms with Crippen LogP contribution in [0.2, 0.25) is 0 Å². The molecule has 172 valence electrons. The summed E-state index contributed by atoms with van der Waals surface area (Å²) >= 11 is 6.48. The minimum atomic E-state index is -0.929. The number of carbonyl (C=O) groups is 2. The molecule has 1 saturated heterocycles. The van der Waals surface area contributed by atoms with Crippen LogP contribution in [0, 0.1) is 10.1 Å². The Balaban J connectivity index is 1.70. The molecule has 1 aliphatic rings. The van der Waals surface area contributed by atoms with Crippen molar-refractivity contribution >= 4 is 51.9 Å².